The van der Waals surface area contributed by atoms with Crippen molar-refractivity contribution in [2.75, 3.05) is 31.1 Å². The van der Waals surface area contributed by atoms with Crippen LogP contribution in [0.15, 0.2) is 53.3 Å². The lowest BCUT2D eigenvalue weighted by molar-refractivity contribution is 0.192. The Hall–Kier alpha value is -3.63. The predicted molar refractivity (Wildman–Crippen MR) is 154 cm³/mol. The number of thiazole rings is 1. The molecule has 9 nitrogen and oxygen atoms in total. The molecule has 1 N–H and O–H groups in total. The molecule has 5 aromatic rings. The van der Waals surface area contributed by atoms with Crippen LogP contribution in [0.1, 0.15) is 61.1 Å². The van der Waals surface area contributed by atoms with Crippen LogP contribution in [0.5, 0.6) is 0 Å². The van der Waals surface area contributed by atoms with Gasteiger partial charge in [-0.05, 0) is 65.9 Å². The SMILES string of the molecule is Cc1ccc2[nH]c(=O)c(C(c3nnnn3C3CCCCC3)N3CCN(c4nc5ccccc5s4)CC3)cc2c1. The highest BCUT2D eigenvalue weighted by Gasteiger charge is 2.35. The number of aromatic amines is 1. The smallest absolute Gasteiger partial charge is 0.253 e. The molecule has 3 aromatic heterocycles. The van der Waals surface area contributed by atoms with Gasteiger partial charge in [0.2, 0.25) is 0 Å². The van der Waals surface area contributed by atoms with Crippen molar-refractivity contribution >= 4 is 37.6 Å². The van der Waals surface area contributed by atoms with Crippen molar-refractivity contribution in [2.24, 2.45) is 0 Å². The van der Waals surface area contributed by atoms with Gasteiger partial charge in [-0.15, -0.1) is 5.10 Å². The Kier molecular flexibility index (Phi) is 6.36. The number of hydrogen-bond acceptors (Lipinski definition) is 8. The number of H-pyrrole nitrogens is 1. The number of pyridine rings is 1. The van der Waals surface area contributed by atoms with Crippen molar-refractivity contribution in [2.45, 2.75) is 51.1 Å². The number of nitrogens with one attached hydrogen (secondary N) is 1. The number of benzene rings is 2. The number of piperazine rings is 1. The number of aryl methyl sites for hydroxylation is 1. The van der Waals surface area contributed by atoms with Gasteiger partial charge >= 0.3 is 0 Å². The second-order valence-corrected chi connectivity index (χ2v) is 11.8. The normalized spacial score (nSPS) is 18.2. The Morgan fingerprint density at radius 3 is 2.64 bits per heavy atom. The van der Waals surface area contributed by atoms with Crippen LogP contribution in [0.4, 0.5) is 5.13 Å². The van der Waals surface area contributed by atoms with E-state index in [0.29, 0.717) is 5.56 Å². The molecule has 0 amide bonds. The first-order chi connectivity index (χ1) is 19.1. The standard InChI is InChI=1S/C29H32N8OS/c1-19-11-12-23-20(17-19)18-22(28(38)30-23)26(27-32-33-34-37(27)21-7-3-2-4-8-21)35-13-15-36(16-14-35)29-31-24-9-5-6-10-25(24)39-29/h5-6,9-12,17-18,21,26H,2-4,7-8,13-16H2,1H3,(H,30,38). The molecule has 10 heteroatoms. The lowest BCUT2D eigenvalue weighted by Gasteiger charge is -2.39. The minimum Gasteiger partial charge on any atom is -0.345 e. The fourth-order valence-corrected chi connectivity index (χ4v) is 7.20. The molecule has 2 aliphatic rings. The molecule has 1 atom stereocenters. The van der Waals surface area contributed by atoms with Crippen molar-refractivity contribution in [3.05, 3.63) is 75.8 Å². The van der Waals surface area contributed by atoms with Crippen LogP contribution in [0, 0.1) is 6.92 Å². The van der Waals surface area contributed by atoms with Crippen LogP contribution in [0.25, 0.3) is 21.1 Å². The zero-order valence-electron chi connectivity index (χ0n) is 22.1. The number of fused-ring (bicyclic) bond motifs is 2. The quantitative estimate of drug-likeness (QED) is 0.340. The third kappa shape index (κ3) is 4.61. The summed E-state index contributed by atoms with van der Waals surface area (Å²) >= 11 is 1.74. The van der Waals surface area contributed by atoms with E-state index in [2.05, 4.69) is 61.5 Å². The van der Waals surface area contributed by atoms with E-state index in [1.165, 1.54) is 24.0 Å². The maximum atomic E-state index is 13.6. The number of anilines is 1. The number of nitrogens with zero attached hydrogens (tertiary/aromatic N) is 7. The molecule has 200 valence electrons. The van der Waals surface area contributed by atoms with Crippen LogP contribution < -0.4 is 10.5 Å². The van der Waals surface area contributed by atoms with Gasteiger partial charge in [0.05, 0.1) is 16.3 Å². The number of para-hydroxylation sites is 1. The summed E-state index contributed by atoms with van der Waals surface area (Å²) in [5.74, 6) is 0.771. The zero-order chi connectivity index (χ0) is 26.3. The summed E-state index contributed by atoms with van der Waals surface area (Å²) < 4.78 is 3.22. The van der Waals surface area contributed by atoms with Crippen molar-refractivity contribution < 1.29 is 0 Å². The van der Waals surface area contributed by atoms with Crippen molar-refractivity contribution in [1.82, 2.24) is 35.1 Å². The predicted octanol–water partition coefficient (Wildman–Crippen LogP) is 4.85. The number of aromatic nitrogens is 6. The molecule has 0 spiro atoms. The molecule has 2 fully saturated rings. The van der Waals surface area contributed by atoms with Gasteiger partial charge in [-0.2, -0.15) is 0 Å². The minimum atomic E-state index is -0.326. The Morgan fingerprint density at radius 2 is 1.82 bits per heavy atom. The van der Waals surface area contributed by atoms with Crippen LogP contribution in [0.3, 0.4) is 0 Å². The molecule has 39 heavy (non-hydrogen) atoms. The second kappa shape index (κ2) is 10.2. The Balaban J connectivity index is 1.25. The average molecular weight is 541 g/mol. The molecular formula is C29H32N8OS. The molecule has 0 bridgehead atoms. The first-order valence-electron chi connectivity index (χ1n) is 13.9. The summed E-state index contributed by atoms with van der Waals surface area (Å²) in [4.78, 5) is 26.3. The maximum absolute atomic E-state index is 13.6. The van der Waals surface area contributed by atoms with Crippen LogP contribution in [0.2, 0.25) is 0 Å². The van der Waals surface area contributed by atoms with Crippen molar-refractivity contribution in [3.8, 4) is 0 Å². The Labute approximate surface area is 230 Å². The first kappa shape index (κ1) is 24.4. The van der Waals surface area contributed by atoms with Crippen LogP contribution in [-0.2, 0) is 0 Å². The molecule has 1 saturated heterocycles. The van der Waals surface area contributed by atoms with E-state index >= 15 is 0 Å². The molecule has 1 unspecified atom stereocenters. The monoisotopic (exact) mass is 540 g/mol. The summed E-state index contributed by atoms with van der Waals surface area (Å²) in [6.45, 7) is 5.29. The molecule has 1 aliphatic heterocycles. The van der Waals surface area contributed by atoms with Gasteiger partial charge < -0.3 is 9.88 Å². The number of rotatable bonds is 5. The van der Waals surface area contributed by atoms with E-state index in [4.69, 9.17) is 4.98 Å². The molecule has 0 radical (unpaired) electrons. The van der Waals surface area contributed by atoms with E-state index in [1.807, 2.05) is 28.9 Å². The van der Waals surface area contributed by atoms with E-state index in [1.54, 1.807) is 11.3 Å². The molecular weight excluding hydrogens is 508 g/mol. The highest BCUT2D eigenvalue weighted by molar-refractivity contribution is 7.22. The van der Waals surface area contributed by atoms with E-state index in [-0.39, 0.29) is 17.6 Å². The fourth-order valence-electron chi connectivity index (χ4n) is 6.18. The molecule has 4 heterocycles. The van der Waals surface area contributed by atoms with Crippen LogP contribution >= 0.6 is 11.3 Å². The topological polar surface area (TPSA) is 95.8 Å². The lowest BCUT2D eigenvalue weighted by Crippen LogP contribution is -2.49. The van der Waals surface area contributed by atoms with Gasteiger partial charge in [0, 0.05) is 37.3 Å². The van der Waals surface area contributed by atoms with E-state index in [0.717, 1.165) is 72.0 Å². The van der Waals surface area contributed by atoms with Crippen LogP contribution in [-0.4, -0.2) is 61.3 Å². The second-order valence-electron chi connectivity index (χ2n) is 10.8. The lowest BCUT2D eigenvalue weighted by atomic mass is 9.95. The summed E-state index contributed by atoms with van der Waals surface area (Å²) in [6, 6.07) is 16.4. The van der Waals surface area contributed by atoms with Crippen molar-refractivity contribution in [3.63, 3.8) is 0 Å². The Morgan fingerprint density at radius 1 is 1.00 bits per heavy atom. The summed E-state index contributed by atoms with van der Waals surface area (Å²) in [6.07, 6.45) is 5.78. The highest BCUT2D eigenvalue weighted by atomic mass is 32.1. The summed E-state index contributed by atoms with van der Waals surface area (Å²) in [7, 11) is 0. The van der Waals surface area contributed by atoms with Gasteiger partial charge in [-0.1, -0.05) is 54.4 Å². The molecule has 1 aliphatic carbocycles. The maximum Gasteiger partial charge on any atom is 0.253 e. The zero-order valence-corrected chi connectivity index (χ0v) is 22.9. The van der Waals surface area contributed by atoms with E-state index < -0.39 is 0 Å². The van der Waals surface area contributed by atoms with Gasteiger partial charge in [0.1, 0.15) is 6.04 Å². The van der Waals surface area contributed by atoms with Gasteiger partial charge in [0.15, 0.2) is 11.0 Å². The summed E-state index contributed by atoms with van der Waals surface area (Å²) in [5, 5.41) is 15.3. The third-order valence-electron chi connectivity index (χ3n) is 8.24. The fraction of sp³-hybridized carbons (Fsp3) is 0.414. The summed E-state index contributed by atoms with van der Waals surface area (Å²) in [5.41, 5.74) is 3.67. The molecule has 1 saturated carbocycles. The molecule has 7 rings (SSSR count). The first-order valence-corrected chi connectivity index (χ1v) is 14.7. The molecule has 2 aromatic carbocycles. The number of tetrazole rings is 1. The highest BCUT2D eigenvalue weighted by Crippen LogP contribution is 2.35. The van der Waals surface area contributed by atoms with Gasteiger partial charge in [0.25, 0.3) is 5.56 Å². The van der Waals surface area contributed by atoms with E-state index in [9.17, 15) is 4.79 Å². The van der Waals surface area contributed by atoms with Gasteiger partial charge in [-0.3, -0.25) is 9.69 Å². The van der Waals surface area contributed by atoms with Gasteiger partial charge in [-0.25, -0.2) is 9.67 Å². The Bertz CT molecular complexity index is 1640. The average Bonchev–Trinajstić information content (AvgIpc) is 3.62. The number of hydrogen-bond donors (Lipinski definition) is 1. The minimum absolute atomic E-state index is 0.0804. The largest absolute Gasteiger partial charge is 0.345 e. The van der Waals surface area contributed by atoms with Crippen molar-refractivity contribution in [1.29, 1.82) is 0 Å². The third-order valence-corrected chi connectivity index (χ3v) is 9.34.